The van der Waals surface area contributed by atoms with E-state index in [1.807, 2.05) is 18.2 Å². The fourth-order valence-corrected chi connectivity index (χ4v) is 2.95. The van der Waals surface area contributed by atoms with Crippen LogP contribution in [0.3, 0.4) is 0 Å². The molecule has 2 aromatic carbocycles. The largest absolute Gasteiger partial charge is 0.497 e. The molecular weight excluding hydrogens is 313 g/mol. The average Bonchev–Trinajstić information content (AvgIpc) is 3.01. The lowest BCUT2D eigenvalue weighted by atomic mass is 10.2. The Morgan fingerprint density at radius 1 is 1.09 bits per heavy atom. The highest BCUT2D eigenvalue weighted by atomic mass is 32.1. The van der Waals surface area contributed by atoms with Gasteiger partial charge in [-0.25, -0.2) is 4.39 Å². The number of nitrogens with one attached hydrogen (secondary N) is 1. The lowest BCUT2D eigenvalue weighted by Gasteiger charge is -2.05. The molecule has 4 nitrogen and oxygen atoms in total. The number of aromatic nitrogens is 2. The topological polar surface area (TPSA) is 47.0 Å². The maximum Gasteiger partial charge on any atom is 0.205 e. The molecule has 0 saturated carbocycles. The van der Waals surface area contributed by atoms with Crippen LogP contribution >= 0.6 is 11.3 Å². The molecule has 23 heavy (non-hydrogen) atoms. The molecule has 3 aromatic rings. The standard InChI is InChI=1S/C17H16FN3OS/c1-22-15-8-13(7-14(18)10-15)11-19-17-21-20-16(23-17)9-12-5-3-2-4-6-12/h2-8,10H,9,11H2,1H3,(H,19,21). The van der Waals surface area contributed by atoms with E-state index in [1.54, 1.807) is 6.07 Å². The summed E-state index contributed by atoms with van der Waals surface area (Å²) in [6.45, 7) is 0.466. The van der Waals surface area contributed by atoms with Gasteiger partial charge in [0.05, 0.1) is 7.11 Å². The average molecular weight is 329 g/mol. The lowest BCUT2D eigenvalue weighted by Crippen LogP contribution is -2.00. The van der Waals surface area contributed by atoms with Crippen molar-refractivity contribution < 1.29 is 9.13 Å². The fourth-order valence-electron chi connectivity index (χ4n) is 2.19. The number of hydrogen-bond donors (Lipinski definition) is 1. The summed E-state index contributed by atoms with van der Waals surface area (Å²) >= 11 is 1.50. The molecule has 1 N–H and O–H groups in total. The zero-order valence-corrected chi connectivity index (χ0v) is 13.4. The second-order valence-corrected chi connectivity index (χ2v) is 6.08. The van der Waals surface area contributed by atoms with Gasteiger partial charge in [0.2, 0.25) is 5.13 Å². The normalized spacial score (nSPS) is 10.5. The number of hydrogen-bond acceptors (Lipinski definition) is 5. The predicted octanol–water partition coefficient (Wildman–Crippen LogP) is 3.89. The first-order valence-corrected chi connectivity index (χ1v) is 7.98. The summed E-state index contributed by atoms with van der Waals surface area (Å²) in [5.41, 5.74) is 1.99. The van der Waals surface area contributed by atoms with Crippen LogP contribution in [-0.2, 0) is 13.0 Å². The molecule has 0 amide bonds. The Hall–Kier alpha value is -2.47. The SMILES string of the molecule is COc1cc(F)cc(CNc2nnc(Cc3ccccc3)s2)c1. The summed E-state index contributed by atoms with van der Waals surface area (Å²) in [5.74, 6) is 0.187. The van der Waals surface area contributed by atoms with E-state index >= 15 is 0 Å². The van der Waals surface area contributed by atoms with Crippen molar-refractivity contribution in [3.05, 3.63) is 70.5 Å². The second-order valence-electron chi connectivity index (χ2n) is 5.02. The number of benzene rings is 2. The summed E-state index contributed by atoms with van der Waals surface area (Å²) in [7, 11) is 1.52. The van der Waals surface area contributed by atoms with Crippen LogP contribution in [0, 0.1) is 5.82 Å². The van der Waals surface area contributed by atoms with Gasteiger partial charge in [0.15, 0.2) is 0 Å². The molecule has 0 unspecified atom stereocenters. The Morgan fingerprint density at radius 2 is 1.91 bits per heavy atom. The van der Waals surface area contributed by atoms with Crippen molar-refractivity contribution in [2.24, 2.45) is 0 Å². The summed E-state index contributed by atoms with van der Waals surface area (Å²) < 4.78 is 18.5. The van der Waals surface area contributed by atoms with Gasteiger partial charge >= 0.3 is 0 Å². The molecule has 0 aliphatic rings. The number of halogens is 1. The number of rotatable bonds is 6. The van der Waals surface area contributed by atoms with E-state index in [9.17, 15) is 4.39 Å². The quantitative estimate of drug-likeness (QED) is 0.745. The van der Waals surface area contributed by atoms with Crippen molar-refractivity contribution in [1.82, 2.24) is 10.2 Å². The molecule has 3 rings (SSSR count). The molecule has 0 radical (unpaired) electrons. The van der Waals surface area contributed by atoms with Crippen molar-refractivity contribution in [3.8, 4) is 5.75 Å². The first-order valence-electron chi connectivity index (χ1n) is 7.16. The molecule has 0 atom stereocenters. The Morgan fingerprint density at radius 3 is 2.70 bits per heavy atom. The van der Waals surface area contributed by atoms with Gasteiger partial charge in [-0.3, -0.25) is 0 Å². The molecule has 1 aromatic heterocycles. The van der Waals surface area contributed by atoms with E-state index in [2.05, 4.69) is 27.6 Å². The van der Waals surface area contributed by atoms with Gasteiger partial charge < -0.3 is 10.1 Å². The minimum absolute atomic E-state index is 0.316. The second kappa shape index (κ2) is 7.19. The van der Waals surface area contributed by atoms with Gasteiger partial charge in [-0.2, -0.15) is 0 Å². The Labute approximate surface area is 138 Å². The van der Waals surface area contributed by atoms with E-state index in [4.69, 9.17) is 4.74 Å². The Balaban J connectivity index is 1.62. The van der Waals surface area contributed by atoms with Crippen LogP contribution in [-0.4, -0.2) is 17.3 Å². The van der Waals surface area contributed by atoms with Crippen LogP contribution in [0.15, 0.2) is 48.5 Å². The van der Waals surface area contributed by atoms with Crippen molar-refractivity contribution >= 4 is 16.5 Å². The predicted molar refractivity (Wildman–Crippen MR) is 89.4 cm³/mol. The molecule has 1 heterocycles. The fraction of sp³-hybridized carbons (Fsp3) is 0.176. The summed E-state index contributed by atoms with van der Waals surface area (Å²) in [4.78, 5) is 0. The van der Waals surface area contributed by atoms with Gasteiger partial charge in [0, 0.05) is 19.0 Å². The van der Waals surface area contributed by atoms with Crippen LogP contribution in [0.2, 0.25) is 0 Å². The van der Waals surface area contributed by atoms with E-state index in [-0.39, 0.29) is 5.82 Å². The third kappa shape index (κ3) is 4.26. The van der Waals surface area contributed by atoms with Crippen LogP contribution < -0.4 is 10.1 Å². The monoisotopic (exact) mass is 329 g/mol. The third-order valence-electron chi connectivity index (χ3n) is 3.28. The Bertz CT molecular complexity index is 777. The maximum absolute atomic E-state index is 13.5. The van der Waals surface area contributed by atoms with Crippen molar-refractivity contribution in [3.63, 3.8) is 0 Å². The zero-order valence-electron chi connectivity index (χ0n) is 12.6. The summed E-state index contributed by atoms with van der Waals surface area (Å²) in [6, 6.07) is 14.8. The van der Waals surface area contributed by atoms with Crippen LogP contribution in [0.25, 0.3) is 0 Å². The highest BCUT2D eigenvalue weighted by Crippen LogP contribution is 2.21. The number of methoxy groups -OCH3 is 1. The van der Waals surface area contributed by atoms with Gasteiger partial charge in [0.1, 0.15) is 16.6 Å². The Kier molecular flexibility index (Phi) is 4.83. The van der Waals surface area contributed by atoms with E-state index in [0.717, 1.165) is 22.1 Å². The zero-order chi connectivity index (χ0) is 16.1. The molecule has 118 valence electrons. The maximum atomic E-state index is 13.5. The molecule has 0 fully saturated rings. The smallest absolute Gasteiger partial charge is 0.205 e. The molecule has 0 aliphatic heterocycles. The third-order valence-corrected chi connectivity index (χ3v) is 4.16. The minimum atomic E-state index is -0.316. The van der Waals surface area contributed by atoms with Gasteiger partial charge in [-0.15, -0.1) is 10.2 Å². The molecular formula is C17H16FN3OS. The number of ether oxygens (including phenoxy) is 1. The lowest BCUT2D eigenvalue weighted by molar-refractivity contribution is 0.410. The van der Waals surface area contributed by atoms with Crippen LogP contribution in [0.4, 0.5) is 9.52 Å². The molecule has 0 bridgehead atoms. The van der Waals surface area contributed by atoms with Crippen molar-refractivity contribution in [2.45, 2.75) is 13.0 Å². The highest BCUT2D eigenvalue weighted by Gasteiger charge is 2.06. The minimum Gasteiger partial charge on any atom is -0.497 e. The number of nitrogens with zero attached hydrogens (tertiary/aromatic N) is 2. The first kappa shape index (κ1) is 15.4. The molecule has 0 saturated heterocycles. The summed E-state index contributed by atoms with van der Waals surface area (Å²) in [5, 5.41) is 13.1. The summed E-state index contributed by atoms with van der Waals surface area (Å²) in [6.07, 6.45) is 0.758. The van der Waals surface area contributed by atoms with E-state index in [0.29, 0.717) is 12.3 Å². The highest BCUT2D eigenvalue weighted by molar-refractivity contribution is 7.15. The van der Waals surface area contributed by atoms with E-state index < -0.39 is 0 Å². The number of anilines is 1. The van der Waals surface area contributed by atoms with Crippen LogP contribution in [0.5, 0.6) is 5.75 Å². The van der Waals surface area contributed by atoms with Crippen molar-refractivity contribution in [1.29, 1.82) is 0 Å². The van der Waals surface area contributed by atoms with Gasteiger partial charge in [-0.1, -0.05) is 41.7 Å². The van der Waals surface area contributed by atoms with Crippen molar-refractivity contribution in [2.75, 3.05) is 12.4 Å². The molecule has 0 aliphatic carbocycles. The molecule has 0 spiro atoms. The molecule has 6 heteroatoms. The van der Waals surface area contributed by atoms with Crippen LogP contribution in [0.1, 0.15) is 16.1 Å². The van der Waals surface area contributed by atoms with Gasteiger partial charge in [-0.05, 0) is 23.3 Å². The first-order chi connectivity index (χ1) is 11.2. The van der Waals surface area contributed by atoms with E-state index in [1.165, 1.54) is 36.1 Å². The van der Waals surface area contributed by atoms with Gasteiger partial charge in [0.25, 0.3) is 0 Å².